The smallest absolute Gasteiger partial charge is 0.190 e. The summed E-state index contributed by atoms with van der Waals surface area (Å²) in [5.41, 5.74) is 0.495. The molecular formula is C11H24O2Si. The van der Waals surface area contributed by atoms with Crippen molar-refractivity contribution in [2.45, 2.75) is 52.4 Å². The molecule has 0 amide bonds. The molecular weight excluding hydrogens is 192 g/mol. The molecule has 1 atom stereocenters. The molecule has 0 aromatic heterocycles. The van der Waals surface area contributed by atoms with E-state index in [2.05, 4.69) is 27.7 Å². The lowest BCUT2D eigenvalue weighted by Crippen LogP contribution is -2.31. The van der Waals surface area contributed by atoms with Crippen LogP contribution in [0.1, 0.15) is 40.5 Å². The Labute approximate surface area is 90.3 Å². The van der Waals surface area contributed by atoms with E-state index >= 15 is 0 Å². The highest BCUT2D eigenvalue weighted by molar-refractivity contribution is 6.29. The van der Waals surface area contributed by atoms with Crippen LogP contribution in [0.15, 0.2) is 0 Å². The summed E-state index contributed by atoms with van der Waals surface area (Å²) in [5, 5.41) is 0. The second-order valence-corrected chi connectivity index (χ2v) is 6.50. The van der Waals surface area contributed by atoms with Crippen molar-refractivity contribution >= 4 is 9.76 Å². The molecule has 1 unspecified atom stereocenters. The molecule has 84 valence electrons. The molecule has 1 rings (SSSR count). The molecule has 1 heterocycles. The van der Waals surface area contributed by atoms with Crippen molar-refractivity contribution in [3.63, 3.8) is 0 Å². The molecule has 0 radical (unpaired) electrons. The van der Waals surface area contributed by atoms with E-state index in [9.17, 15) is 0 Å². The maximum absolute atomic E-state index is 6.06. The molecule has 0 aromatic carbocycles. The predicted octanol–water partition coefficient (Wildman–Crippen LogP) is 1.90. The van der Waals surface area contributed by atoms with E-state index in [1.165, 1.54) is 12.8 Å². The molecule has 0 N–H and O–H groups in total. The highest BCUT2D eigenvalue weighted by Gasteiger charge is 2.22. The molecule has 1 fully saturated rings. The fourth-order valence-corrected chi connectivity index (χ4v) is 4.07. The highest BCUT2D eigenvalue weighted by atomic mass is 28.2. The van der Waals surface area contributed by atoms with E-state index in [1.54, 1.807) is 0 Å². The van der Waals surface area contributed by atoms with Gasteiger partial charge in [-0.25, -0.2) is 0 Å². The number of hydrogen-bond acceptors (Lipinski definition) is 2. The Balaban J connectivity index is 2.25. The molecule has 1 aliphatic heterocycles. The second kappa shape index (κ2) is 5.88. The maximum Gasteiger partial charge on any atom is 0.190 e. The largest absolute Gasteiger partial charge is 0.418 e. The zero-order valence-electron chi connectivity index (χ0n) is 9.95. The van der Waals surface area contributed by atoms with Crippen LogP contribution in [0.25, 0.3) is 0 Å². The van der Waals surface area contributed by atoms with Gasteiger partial charge in [0.15, 0.2) is 9.76 Å². The van der Waals surface area contributed by atoms with E-state index in [-0.39, 0.29) is 0 Å². The van der Waals surface area contributed by atoms with Crippen molar-refractivity contribution in [3.8, 4) is 0 Å². The van der Waals surface area contributed by atoms with Crippen molar-refractivity contribution in [1.82, 2.24) is 0 Å². The fraction of sp³-hybridized carbons (Fsp3) is 1.00. The first-order valence-electron chi connectivity index (χ1n) is 5.84. The Hall–Kier alpha value is 0.137. The average molecular weight is 216 g/mol. The lowest BCUT2D eigenvalue weighted by Gasteiger charge is -2.26. The first-order chi connectivity index (χ1) is 6.61. The fourth-order valence-electron chi connectivity index (χ4n) is 2.15. The first-order valence-corrected chi connectivity index (χ1v) is 7.24. The van der Waals surface area contributed by atoms with Crippen molar-refractivity contribution in [1.29, 1.82) is 0 Å². The van der Waals surface area contributed by atoms with Gasteiger partial charge in [-0.2, -0.15) is 0 Å². The van der Waals surface area contributed by atoms with E-state index in [1.807, 2.05) is 0 Å². The van der Waals surface area contributed by atoms with Gasteiger partial charge in [0, 0.05) is 12.7 Å². The Morgan fingerprint density at radius 1 is 1.21 bits per heavy atom. The summed E-state index contributed by atoms with van der Waals surface area (Å²) in [7, 11) is -0.467. The molecule has 0 spiro atoms. The molecule has 0 saturated carbocycles. The van der Waals surface area contributed by atoms with Crippen LogP contribution in [0.5, 0.6) is 0 Å². The highest BCUT2D eigenvalue weighted by Crippen LogP contribution is 2.18. The van der Waals surface area contributed by atoms with Crippen molar-refractivity contribution < 1.29 is 9.16 Å². The molecule has 1 saturated heterocycles. The van der Waals surface area contributed by atoms with Crippen LogP contribution in [-0.2, 0) is 9.16 Å². The third kappa shape index (κ3) is 3.71. The van der Waals surface area contributed by atoms with Gasteiger partial charge < -0.3 is 9.16 Å². The van der Waals surface area contributed by atoms with E-state index < -0.39 is 9.76 Å². The van der Waals surface area contributed by atoms with Crippen molar-refractivity contribution in [2.24, 2.45) is 11.8 Å². The number of rotatable bonds is 5. The first kappa shape index (κ1) is 12.2. The van der Waals surface area contributed by atoms with Crippen LogP contribution in [0, 0.1) is 11.8 Å². The molecule has 0 bridgehead atoms. The maximum atomic E-state index is 6.06. The van der Waals surface area contributed by atoms with Gasteiger partial charge in [-0.15, -0.1) is 0 Å². The van der Waals surface area contributed by atoms with E-state index in [4.69, 9.17) is 9.16 Å². The van der Waals surface area contributed by atoms with E-state index in [0.29, 0.717) is 23.7 Å². The molecule has 3 heteroatoms. The van der Waals surface area contributed by atoms with Crippen LogP contribution in [-0.4, -0.2) is 28.2 Å². The van der Waals surface area contributed by atoms with Gasteiger partial charge in [-0.1, -0.05) is 27.7 Å². The van der Waals surface area contributed by atoms with Crippen LogP contribution in [0.4, 0.5) is 0 Å². The van der Waals surface area contributed by atoms with Crippen LogP contribution in [0.2, 0.25) is 0 Å². The second-order valence-electron chi connectivity index (χ2n) is 4.92. The monoisotopic (exact) mass is 216 g/mol. The minimum atomic E-state index is -0.467. The van der Waals surface area contributed by atoms with Gasteiger partial charge in [0.25, 0.3) is 0 Å². The Kier molecular flexibility index (Phi) is 5.13. The zero-order valence-corrected chi connectivity index (χ0v) is 11.4. The topological polar surface area (TPSA) is 18.5 Å². The van der Waals surface area contributed by atoms with Crippen LogP contribution < -0.4 is 0 Å². The zero-order chi connectivity index (χ0) is 10.6. The van der Waals surface area contributed by atoms with Gasteiger partial charge in [-0.3, -0.25) is 0 Å². The van der Waals surface area contributed by atoms with Gasteiger partial charge in [0.2, 0.25) is 0 Å². The third-order valence-electron chi connectivity index (χ3n) is 2.81. The Bertz CT molecular complexity index is 145. The Morgan fingerprint density at radius 3 is 2.29 bits per heavy atom. The van der Waals surface area contributed by atoms with Crippen molar-refractivity contribution in [3.05, 3.63) is 0 Å². The number of hydrogen-bond donors (Lipinski definition) is 0. The quantitative estimate of drug-likeness (QED) is 0.654. The standard InChI is InChI=1S/C11H24O2Si/c1-8(2)11(9(3)4)13-14-10-6-5-7-12-10/h8-11H,5-7,14H2,1-4H3. The van der Waals surface area contributed by atoms with Crippen LogP contribution >= 0.6 is 0 Å². The van der Waals surface area contributed by atoms with Gasteiger partial charge in [0.05, 0.1) is 5.73 Å². The normalized spacial score (nSPS) is 23.8. The molecule has 0 aromatic rings. The minimum absolute atomic E-state index is 0.436. The minimum Gasteiger partial charge on any atom is -0.418 e. The lowest BCUT2D eigenvalue weighted by atomic mass is 9.97. The molecule has 2 nitrogen and oxygen atoms in total. The third-order valence-corrected chi connectivity index (χ3v) is 4.41. The predicted molar refractivity (Wildman–Crippen MR) is 62.1 cm³/mol. The molecule has 0 aliphatic carbocycles. The molecule has 1 aliphatic rings. The summed E-state index contributed by atoms with van der Waals surface area (Å²) in [4.78, 5) is 0. The lowest BCUT2D eigenvalue weighted by molar-refractivity contribution is 0.0859. The summed E-state index contributed by atoms with van der Waals surface area (Å²) in [6.07, 6.45) is 2.90. The van der Waals surface area contributed by atoms with Crippen molar-refractivity contribution in [2.75, 3.05) is 6.61 Å². The van der Waals surface area contributed by atoms with E-state index in [0.717, 1.165) is 6.61 Å². The summed E-state index contributed by atoms with van der Waals surface area (Å²) in [6, 6.07) is 0. The summed E-state index contributed by atoms with van der Waals surface area (Å²) in [6.45, 7) is 9.93. The molecule has 14 heavy (non-hydrogen) atoms. The summed E-state index contributed by atoms with van der Waals surface area (Å²) in [5.74, 6) is 1.26. The summed E-state index contributed by atoms with van der Waals surface area (Å²) < 4.78 is 11.7. The van der Waals surface area contributed by atoms with Gasteiger partial charge in [-0.05, 0) is 24.7 Å². The SMILES string of the molecule is CC(C)C(O[SiH2]C1CCCO1)C(C)C. The average Bonchev–Trinajstić information content (AvgIpc) is 2.55. The Morgan fingerprint density at radius 2 is 1.86 bits per heavy atom. The number of ether oxygens (including phenoxy) is 1. The summed E-state index contributed by atoms with van der Waals surface area (Å²) >= 11 is 0. The van der Waals surface area contributed by atoms with Gasteiger partial charge >= 0.3 is 0 Å². The van der Waals surface area contributed by atoms with Crippen LogP contribution in [0.3, 0.4) is 0 Å². The van der Waals surface area contributed by atoms with Gasteiger partial charge in [0.1, 0.15) is 0 Å².